The average Bonchev–Trinajstić information content (AvgIpc) is 2.91. The van der Waals surface area contributed by atoms with E-state index in [-0.39, 0.29) is 17.3 Å². The van der Waals surface area contributed by atoms with Crippen LogP contribution in [0.25, 0.3) is 0 Å². The fourth-order valence-corrected chi connectivity index (χ4v) is 4.28. The summed E-state index contributed by atoms with van der Waals surface area (Å²) in [5.41, 5.74) is 0.455. The highest BCUT2D eigenvalue weighted by Crippen LogP contribution is 2.41. The zero-order chi connectivity index (χ0) is 14.5. The molecule has 108 valence electrons. The minimum Gasteiger partial charge on any atom is -0.333 e. The summed E-state index contributed by atoms with van der Waals surface area (Å²) in [6.07, 6.45) is 0. The second-order valence-corrected chi connectivity index (χ2v) is 7.38. The van der Waals surface area contributed by atoms with Crippen molar-refractivity contribution in [3.63, 3.8) is 0 Å². The van der Waals surface area contributed by atoms with Crippen LogP contribution < -0.4 is 5.32 Å². The summed E-state index contributed by atoms with van der Waals surface area (Å²) in [6.45, 7) is 7.02. The van der Waals surface area contributed by atoms with E-state index in [1.807, 2.05) is 27.5 Å². The first-order valence-corrected chi connectivity index (χ1v) is 7.97. The third kappa shape index (κ3) is 2.15. The van der Waals surface area contributed by atoms with E-state index in [2.05, 4.69) is 19.2 Å². The number of rotatable bonds is 1. The highest BCUT2D eigenvalue weighted by molar-refractivity contribution is 14.1. The summed E-state index contributed by atoms with van der Waals surface area (Å²) in [6, 6.07) is 4.38. The predicted molar refractivity (Wildman–Crippen MR) is 84.1 cm³/mol. The zero-order valence-corrected chi connectivity index (χ0v) is 13.8. The van der Waals surface area contributed by atoms with Gasteiger partial charge < -0.3 is 10.2 Å². The molecule has 0 aliphatic carbocycles. The summed E-state index contributed by atoms with van der Waals surface area (Å²) in [5, 5.41) is 3.41. The summed E-state index contributed by atoms with van der Waals surface area (Å²) >= 11 is 2.03. The lowest BCUT2D eigenvalue weighted by atomic mass is 9.84. The molecule has 0 aromatic heterocycles. The monoisotopic (exact) mass is 388 g/mol. The highest BCUT2D eigenvalue weighted by Gasteiger charge is 2.51. The lowest BCUT2D eigenvalue weighted by Crippen LogP contribution is -2.47. The average molecular weight is 388 g/mol. The zero-order valence-electron chi connectivity index (χ0n) is 11.6. The van der Waals surface area contributed by atoms with Crippen LogP contribution in [0.1, 0.15) is 24.2 Å². The molecule has 2 atom stereocenters. The largest absolute Gasteiger partial charge is 0.333 e. The predicted octanol–water partition coefficient (Wildman–Crippen LogP) is 2.50. The number of fused-ring (bicyclic) bond motifs is 1. The number of halogens is 2. The van der Waals surface area contributed by atoms with Crippen LogP contribution in [0, 0.1) is 21.2 Å². The molecule has 0 spiro atoms. The smallest absolute Gasteiger partial charge is 0.255 e. The van der Waals surface area contributed by atoms with Crippen LogP contribution in [-0.2, 0) is 0 Å². The number of carbonyl (C=O) groups excluding carboxylic acids is 1. The van der Waals surface area contributed by atoms with Gasteiger partial charge in [0.05, 0.1) is 5.56 Å². The van der Waals surface area contributed by atoms with Gasteiger partial charge >= 0.3 is 0 Å². The second kappa shape index (κ2) is 4.94. The molecule has 1 N–H and O–H groups in total. The number of nitrogens with zero attached hydrogens (tertiary/aromatic N) is 1. The minimum absolute atomic E-state index is 0.0220. The van der Waals surface area contributed by atoms with Crippen molar-refractivity contribution < 1.29 is 9.18 Å². The van der Waals surface area contributed by atoms with Crippen LogP contribution >= 0.6 is 22.6 Å². The van der Waals surface area contributed by atoms with Crippen molar-refractivity contribution >= 4 is 28.5 Å². The summed E-state index contributed by atoms with van der Waals surface area (Å²) in [7, 11) is 0. The van der Waals surface area contributed by atoms with Crippen LogP contribution in [0.15, 0.2) is 18.2 Å². The third-order valence-corrected chi connectivity index (χ3v) is 5.66. The van der Waals surface area contributed by atoms with Crippen molar-refractivity contribution in [1.29, 1.82) is 0 Å². The molecule has 2 aliphatic heterocycles. The number of nitrogens with one attached hydrogen (secondary N) is 1. The van der Waals surface area contributed by atoms with Crippen LogP contribution in [0.4, 0.5) is 4.39 Å². The van der Waals surface area contributed by atoms with Gasteiger partial charge in [-0.15, -0.1) is 0 Å². The van der Waals surface area contributed by atoms with Crippen LogP contribution in [0.5, 0.6) is 0 Å². The van der Waals surface area contributed by atoms with E-state index in [9.17, 15) is 9.18 Å². The normalized spacial score (nSPS) is 27.7. The first-order valence-electron chi connectivity index (χ1n) is 6.89. The highest BCUT2D eigenvalue weighted by atomic mass is 127. The van der Waals surface area contributed by atoms with E-state index in [0.717, 1.165) is 19.6 Å². The van der Waals surface area contributed by atoms with Crippen molar-refractivity contribution in [2.45, 2.75) is 19.4 Å². The quantitative estimate of drug-likeness (QED) is 0.750. The summed E-state index contributed by atoms with van der Waals surface area (Å²) in [4.78, 5) is 14.8. The van der Waals surface area contributed by atoms with Gasteiger partial charge in [0, 0.05) is 28.7 Å². The van der Waals surface area contributed by atoms with Crippen LogP contribution in [0.2, 0.25) is 0 Å². The van der Waals surface area contributed by atoms with Gasteiger partial charge in [-0.25, -0.2) is 4.39 Å². The number of hydrogen-bond acceptors (Lipinski definition) is 2. The molecule has 2 unspecified atom stereocenters. The van der Waals surface area contributed by atoms with E-state index in [1.54, 1.807) is 6.07 Å². The number of carbonyl (C=O) groups is 1. The molecule has 2 aliphatic rings. The maximum atomic E-state index is 13.2. The van der Waals surface area contributed by atoms with Gasteiger partial charge in [0.15, 0.2) is 0 Å². The summed E-state index contributed by atoms with van der Waals surface area (Å²) < 4.78 is 13.9. The van der Waals surface area contributed by atoms with Crippen molar-refractivity contribution in [3.05, 3.63) is 33.1 Å². The minimum atomic E-state index is -0.298. The Balaban J connectivity index is 1.91. The molecule has 1 aromatic rings. The molecule has 1 aromatic carbocycles. The molecule has 0 bridgehead atoms. The number of benzene rings is 1. The van der Waals surface area contributed by atoms with Gasteiger partial charge in [-0.1, -0.05) is 0 Å². The lowest BCUT2D eigenvalue weighted by Gasteiger charge is -2.35. The maximum absolute atomic E-state index is 13.2. The molecule has 0 saturated carbocycles. The molecule has 3 rings (SSSR count). The Bertz CT molecular complexity index is 561. The number of likely N-dealkylation sites (tertiary alicyclic amines) is 1. The maximum Gasteiger partial charge on any atom is 0.255 e. The van der Waals surface area contributed by atoms with Crippen molar-refractivity contribution in [3.8, 4) is 0 Å². The van der Waals surface area contributed by atoms with Gasteiger partial charge in [0.1, 0.15) is 5.82 Å². The number of hydrogen-bond donors (Lipinski definition) is 1. The molecule has 5 heteroatoms. The Labute approximate surface area is 132 Å². The van der Waals surface area contributed by atoms with Crippen molar-refractivity contribution in [2.24, 2.45) is 11.8 Å². The molecule has 2 saturated heterocycles. The topological polar surface area (TPSA) is 32.3 Å². The van der Waals surface area contributed by atoms with E-state index in [1.165, 1.54) is 12.1 Å². The molecule has 20 heavy (non-hydrogen) atoms. The standard InChI is InChI=1S/C15H18FIN2O/c1-15(2)12-7-18-6-9(12)8-19(15)14(20)11-4-3-10(16)5-13(11)17/h3-5,9,12,18H,6-8H2,1-2H3. The molecule has 2 fully saturated rings. The molecular weight excluding hydrogens is 370 g/mol. The summed E-state index contributed by atoms with van der Waals surface area (Å²) in [5.74, 6) is 0.762. The third-order valence-electron chi connectivity index (χ3n) is 4.77. The molecule has 1 amide bonds. The Kier molecular flexibility index (Phi) is 3.52. The first kappa shape index (κ1) is 14.3. The Hall–Kier alpha value is -0.690. The van der Waals surface area contributed by atoms with E-state index in [4.69, 9.17) is 0 Å². The number of amides is 1. The van der Waals surface area contributed by atoms with E-state index in [0.29, 0.717) is 21.0 Å². The Morgan fingerprint density at radius 2 is 2.20 bits per heavy atom. The molecular formula is C15H18FIN2O. The Morgan fingerprint density at radius 1 is 1.45 bits per heavy atom. The van der Waals surface area contributed by atoms with Gasteiger partial charge in [-0.05, 0) is 66.5 Å². The SMILES string of the molecule is CC1(C)C2CNCC2CN1C(=O)c1ccc(F)cc1I. The van der Waals surface area contributed by atoms with Crippen LogP contribution in [-0.4, -0.2) is 36.0 Å². The van der Waals surface area contributed by atoms with Crippen molar-refractivity contribution in [2.75, 3.05) is 19.6 Å². The van der Waals surface area contributed by atoms with E-state index < -0.39 is 0 Å². The van der Waals surface area contributed by atoms with E-state index >= 15 is 0 Å². The van der Waals surface area contributed by atoms with Crippen LogP contribution in [0.3, 0.4) is 0 Å². The van der Waals surface area contributed by atoms with Gasteiger partial charge in [0.25, 0.3) is 5.91 Å². The molecule has 2 heterocycles. The molecule has 3 nitrogen and oxygen atoms in total. The lowest BCUT2D eigenvalue weighted by molar-refractivity contribution is 0.0602. The van der Waals surface area contributed by atoms with Gasteiger partial charge in [0.2, 0.25) is 0 Å². The van der Waals surface area contributed by atoms with Crippen molar-refractivity contribution in [1.82, 2.24) is 10.2 Å². The van der Waals surface area contributed by atoms with Gasteiger partial charge in [-0.2, -0.15) is 0 Å². The Morgan fingerprint density at radius 3 is 2.85 bits per heavy atom. The fourth-order valence-electron chi connectivity index (χ4n) is 3.57. The second-order valence-electron chi connectivity index (χ2n) is 6.22. The van der Waals surface area contributed by atoms with Gasteiger partial charge in [-0.3, -0.25) is 4.79 Å². The molecule has 0 radical (unpaired) electrons. The fraction of sp³-hybridized carbons (Fsp3) is 0.533. The first-order chi connectivity index (χ1) is 9.41.